The summed E-state index contributed by atoms with van der Waals surface area (Å²) in [5, 5.41) is 5.97. The molecule has 1 N–H and O–H groups in total. The zero-order valence-corrected chi connectivity index (χ0v) is 17.6. The first-order valence-electron chi connectivity index (χ1n) is 8.55. The maximum Gasteiger partial charge on any atom is 0.239 e. The summed E-state index contributed by atoms with van der Waals surface area (Å²) in [4.78, 5) is 23.8. The number of thiophene rings is 1. The van der Waals surface area contributed by atoms with Crippen LogP contribution >= 0.6 is 27.3 Å². The summed E-state index contributed by atoms with van der Waals surface area (Å²) in [7, 11) is 3.53. The van der Waals surface area contributed by atoms with E-state index in [0.29, 0.717) is 13.2 Å². The number of benzene rings is 1. The second-order valence-corrected chi connectivity index (χ2v) is 7.86. The fourth-order valence-electron chi connectivity index (χ4n) is 2.78. The molecule has 0 aliphatic rings. The molecule has 0 bridgehead atoms. The molecule has 3 rings (SSSR count). The highest BCUT2D eigenvalue weighted by molar-refractivity contribution is 9.10. The van der Waals surface area contributed by atoms with Gasteiger partial charge in [-0.1, -0.05) is 28.1 Å². The van der Waals surface area contributed by atoms with Crippen LogP contribution in [0.2, 0.25) is 0 Å². The maximum atomic E-state index is 12.2. The van der Waals surface area contributed by atoms with Crippen LogP contribution in [0.25, 0.3) is 21.3 Å². The fourth-order valence-corrected chi connectivity index (χ4v) is 3.96. The van der Waals surface area contributed by atoms with Crippen LogP contribution in [0, 0.1) is 0 Å². The number of carbonyl (C=O) groups is 1. The van der Waals surface area contributed by atoms with Crippen LogP contribution in [0.3, 0.4) is 0 Å². The van der Waals surface area contributed by atoms with Gasteiger partial charge in [-0.25, -0.2) is 9.97 Å². The summed E-state index contributed by atoms with van der Waals surface area (Å²) in [6.07, 6.45) is 2.34. The lowest BCUT2D eigenvalue weighted by atomic mass is 10.1. The second-order valence-electron chi connectivity index (χ2n) is 6.09. The molecule has 0 atom stereocenters. The topological polar surface area (TPSA) is 67.3 Å². The van der Waals surface area contributed by atoms with Gasteiger partial charge < -0.3 is 15.0 Å². The zero-order valence-electron chi connectivity index (χ0n) is 15.2. The molecule has 0 unspecified atom stereocenters. The molecular weight excluding hydrogens is 428 g/mol. The highest BCUT2D eigenvalue weighted by atomic mass is 79.9. The lowest BCUT2D eigenvalue weighted by molar-refractivity contribution is -0.119. The second kappa shape index (κ2) is 9.25. The molecule has 0 saturated carbocycles. The van der Waals surface area contributed by atoms with Crippen molar-refractivity contribution in [3.05, 3.63) is 40.4 Å². The van der Waals surface area contributed by atoms with Crippen molar-refractivity contribution in [2.24, 2.45) is 0 Å². The van der Waals surface area contributed by atoms with Crippen molar-refractivity contribution in [1.82, 2.24) is 15.3 Å². The van der Waals surface area contributed by atoms with Crippen molar-refractivity contribution >= 4 is 49.2 Å². The number of amides is 1. The van der Waals surface area contributed by atoms with Crippen LogP contribution in [0.15, 0.2) is 40.4 Å². The van der Waals surface area contributed by atoms with E-state index in [-0.39, 0.29) is 12.5 Å². The van der Waals surface area contributed by atoms with Gasteiger partial charge in [-0.15, -0.1) is 11.3 Å². The van der Waals surface area contributed by atoms with E-state index in [0.717, 1.165) is 38.1 Å². The monoisotopic (exact) mass is 448 g/mol. The molecule has 2 aromatic heterocycles. The van der Waals surface area contributed by atoms with E-state index >= 15 is 0 Å². The van der Waals surface area contributed by atoms with E-state index in [1.165, 1.54) is 0 Å². The third-order valence-electron chi connectivity index (χ3n) is 4.10. The van der Waals surface area contributed by atoms with Crippen LogP contribution in [0.5, 0.6) is 0 Å². The van der Waals surface area contributed by atoms with Crippen LogP contribution in [0.1, 0.15) is 6.42 Å². The van der Waals surface area contributed by atoms with Crippen molar-refractivity contribution in [3.63, 3.8) is 0 Å². The number of nitrogens with one attached hydrogen (secondary N) is 1. The zero-order chi connectivity index (χ0) is 19.2. The van der Waals surface area contributed by atoms with Crippen LogP contribution in [-0.2, 0) is 9.53 Å². The molecule has 8 heteroatoms. The Labute approximate surface area is 170 Å². The minimum Gasteiger partial charge on any atom is -0.385 e. The van der Waals surface area contributed by atoms with E-state index in [9.17, 15) is 4.79 Å². The van der Waals surface area contributed by atoms with Crippen molar-refractivity contribution in [3.8, 4) is 11.1 Å². The molecule has 142 valence electrons. The molecule has 0 radical (unpaired) electrons. The molecule has 0 fully saturated rings. The van der Waals surface area contributed by atoms with Crippen LogP contribution in [-0.4, -0.2) is 49.7 Å². The lowest BCUT2D eigenvalue weighted by Crippen LogP contribution is -2.36. The number of carbonyl (C=O) groups excluding carboxylic acids is 1. The number of rotatable bonds is 8. The highest BCUT2D eigenvalue weighted by Gasteiger charge is 2.17. The minimum absolute atomic E-state index is 0.0409. The van der Waals surface area contributed by atoms with Gasteiger partial charge >= 0.3 is 0 Å². The number of anilines is 1. The Kier molecular flexibility index (Phi) is 6.76. The lowest BCUT2D eigenvalue weighted by Gasteiger charge is -2.19. The van der Waals surface area contributed by atoms with Crippen molar-refractivity contribution in [2.45, 2.75) is 6.42 Å². The summed E-state index contributed by atoms with van der Waals surface area (Å²) < 4.78 is 6.03. The molecule has 0 saturated heterocycles. The summed E-state index contributed by atoms with van der Waals surface area (Å²) in [6.45, 7) is 1.46. The average Bonchev–Trinajstić information content (AvgIpc) is 3.10. The van der Waals surface area contributed by atoms with E-state index in [4.69, 9.17) is 4.74 Å². The molecule has 0 spiro atoms. The first-order chi connectivity index (χ1) is 13.1. The van der Waals surface area contributed by atoms with Gasteiger partial charge in [-0.3, -0.25) is 4.79 Å². The maximum absolute atomic E-state index is 12.2. The van der Waals surface area contributed by atoms with Gasteiger partial charge in [0.1, 0.15) is 17.0 Å². The minimum atomic E-state index is -0.0409. The molecule has 0 aliphatic heterocycles. The van der Waals surface area contributed by atoms with Gasteiger partial charge in [0.05, 0.1) is 11.9 Å². The Morgan fingerprint density at radius 2 is 2.07 bits per heavy atom. The average molecular weight is 449 g/mol. The van der Waals surface area contributed by atoms with E-state index in [1.54, 1.807) is 24.8 Å². The number of ether oxygens (including phenoxy) is 1. The number of halogens is 1. The summed E-state index contributed by atoms with van der Waals surface area (Å²) in [6, 6.07) is 8.15. The number of nitrogens with zero attached hydrogens (tertiary/aromatic N) is 3. The summed E-state index contributed by atoms with van der Waals surface area (Å²) >= 11 is 5.05. The standard InChI is InChI=1S/C19H21BrN4O2S/c1-24(10-16(25)21-8-3-9-26-2)18-17-15(11-27-19(17)23-12-22-18)13-4-6-14(20)7-5-13/h4-7,11-12H,3,8-10H2,1-2H3,(H,21,25). The number of fused-ring (bicyclic) bond motifs is 1. The first-order valence-corrected chi connectivity index (χ1v) is 10.2. The molecule has 6 nitrogen and oxygen atoms in total. The largest absolute Gasteiger partial charge is 0.385 e. The molecule has 3 aromatic rings. The number of methoxy groups -OCH3 is 1. The van der Waals surface area contributed by atoms with Crippen molar-refractivity contribution in [1.29, 1.82) is 0 Å². The van der Waals surface area contributed by atoms with Gasteiger partial charge in [0.25, 0.3) is 0 Å². The van der Waals surface area contributed by atoms with Crippen LogP contribution < -0.4 is 10.2 Å². The molecule has 0 aliphatic carbocycles. The van der Waals surface area contributed by atoms with Gasteiger partial charge in [-0.05, 0) is 24.1 Å². The molecule has 2 heterocycles. The van der Waals surface area contributed by atoms with Crippen molar-refractivity contribution < 1.29 is 9.53 Å². The van der Waals surface area contributed by atoms with Gasteiger partial charge in [0.2, 0.25) is 5.91 Å². The van der Waals surface area contributed by atoms with Gasteiger partial charge in [0, 0.05) is 42.7 Å². The van der Waals surface area contributed by atoms with E-state index < -0.39 is 0 Å². The fraction of sp³-hybridized carbons (Fsp3) is 0.316. The van der Waals surface area contributed by atoms with Gasteiger partial charge in [-0.2, -0.15) is 0 Å². The predicted octanol–water partition coefficient (Wildman–Crippen LogP) is 3.71. The number of likely N-dealkylation sites (N-methyl/N-ethyl adjacent to an activating group) is 1. The van der Waals surface area contributed by atoms with E-state index in [1.807, 2.05) is 24.1 Å². The molecule has 1 aromatic carbocycles. The quantitative estimate of drug-likeness (QED) is 0.531. The molecule has 27 heavy (non-hydrogen) atoms. The highest BCUT2D eigenvalue weighted by Crippen LogP contribution is 2.37. The Bertz CT molecular complexity index is 914. The Hall–Kier alpha value is -2.03. The Morgan fingerprint density at radius 1 is 1.30 bits per heavy atom. The van der Waals surface area contributed by atoms with Crippen LogP contribution in [0.4, 0.5) is 5.82 Å². The Morgan fingerprint density at radius 3 is 2.81 bits per heavy atom. The number of hydrogen-bond donors (Lipinski definition) is 1. The normalized spacial score (nSPS) is 10.9. The summed E-state index contributed by atoms with van der Waals surface area (Å²) in [5.74, 6) is 0.715. The van der Waals surface area contributed by atoms with Gasteiger partial charge in [0.15, 0.2) is 0 Å². The van der Waals surface area contributed by atoms with E-state index in [2.05, 4.69) is 48.7 Å². The third-order valence-corrected chi connectivity index (χ3v) is 5.51. The number of hydrogen-bond acceptors (Lipinski definition) is 6. The SMILES string of the molecule is COCCCNC(=O)CN(C)c1ncnc2scc(-c3ccc(Br)cc3)c12. The molecule has 1 amide bonds. The van der Waals surface area contributed by atoms with Crippen molar-refractivity contribution in [2.75, 3.05) is 38.8 Å². The Balaban J connectivity index is 1.82. The third kappa shape index (κ3) is 4.82. The smallest absolute Gasteiger partial charge is 0.239 e. The number of aromatic nitrogens is 2. The molecular formula is C19H21BrN4O2S. The predicted molar refractivity (Wildman–Crippen MR) is 113 cm³/mol. The summed E-state index contributed by atoms with van der Waals surface area (Å²) in [5.41, 5.74) is 2.17. The first kappa shape index (κ1) is 19.7.